The van der Waals surface area contributed by atoms with Gasteiger partial charge in [0.2, 0.25) is 0 Å². The summed E-state index contributed by atoms with van der Waals surface area (Å²) in [5.74, 6) is 1.48. The molecule has 4 rings (SSSR count). The Kier molecular flexibility index (Phi) is 4.80. The summed E-state index contributed by atoms with van der Waals surface area (Å²) in [5.41, 5.74) is 0.217. The number of amides is 2. The molecule has 0 bridgehead atoms. The molecule has 1 atom stereocenters. The largest absolute Gasteiger partial charge is 0.332 e. The number of halogens is 2. The molecule has 2 aliphatic rings. The second kappa shape index (κ2) is 7.11. The zero-order valence-electron chi connectivity index (χ0n) is 15.3. The van der Waals surface area contributed by atoms with E-state index in [1.54, 1.807) is 6.07 Å². The number of hydrogen-bond acceptors (Lipinski definition) is 3. The van der Waals surface area contributed by atoms with E-state index in [1.807, 2.05) is 6.92 Å². The van der Waals surface area contributed by atoms with Crippen LogP contribution in [0.1, 0.15) is 62.3 Å². The van der Waals surface area contributed by atoms with Gasteiger partial charge in [-0.15, -0.1) is 10.2 Å². The molecule has 8 heteroatoms. The Morgan fingerprint density at radius 2 is 2.11 bits per heavy atom. The van der Waals surface area contributed by atoms with Crippen molar-refractivity contribution < 1.29 is 9.18 Å². The monoisotopic (exact) mass is 391 g/mol. The van der Waals surface area contributed by atoms with Gasteiger partial charge in [0.05, 0.1) is 6.04 Å². The number of rotatable bonds is 4. The van der Waals surface area contributed by atoms with Crippen LogP contribution in [0.5, 0.6) is 0 Å². The minimum absolute atomic E-state index is 0.282. The Balaban J connectivity index is 1.48. The van der Waals surface area contributed by atoms with Crippen LogP contribution < -0.4 is 10.6 Å². The number of aryl methyl sites for hydroxylation is 1. The standard InChI is InChI=1S/C19H23ClFN5O/c1-12(14-7-6-13(21)11-15(14)20)22-18(27)23-19(8-4-9-19)17-25-24-16-5-2-3-10-26(16)17/h6-7,11-12H,2-5,8-10H2,1H3,(H2,22,23,27)/t12-/m1/s1. The third-order valence-electron chi connectivity index (χ3n) is 5.62. The molecule has 2 amide bonds. The number of carbonyl (C=O) groups excluding carboxylic acids is 1. The van der Waals surface area contributed by atoms with E-state index in [4.69, 9.17) is 11.6 Å². The van der Waals surface area contributed by atoms with E-state index in [0.717, 1.165) is 56.7 Å². The molecule has 2 N–H and O–H groups in total. The van der Waals surface area contributed by atoms with Gasteiger partial charge in [-0.25, -0.2) is 9.18 Å². The van der Waals surface area contributed by atoms with Crippen molar-refractivity contribution in [3.05, 3.63) is 46.3 Å². The average molecular weight is 392 g/mol. The van der Waals surface area contributed by atoms with Crippen molar-refractivity contribution in [3.8, 4) is 0 Å². The summed E-state index contributed by atoms with van der Waals surface area (Å²) in [6, 6.07) is 3.56. The fraction of sp³-hybridized carbons (Fsp3) is 0.526. The smallest absolute Gasteiger partial charge is 0.316 e. The molecule has 0 radical (unpaired) electrons. The first-order chi connectivity index (χ1) is 13.0. The lowest BCUT2D eigenvalue weighted by molar-refractivity contribution is 0.161. The lowest BCUT2D eigenvalue weighted by Gasteiger charge is -2.42. The van der Waals surface area contributed by atoms with Crippen molar-refractivity contribution in [1.82, 2.24) is 25.4 Å². The summed E-state index contributed by atoms with van der Waals surface area (Å²) in [6.45, 7) is 2.73. The number of nitrogens with zero attached hydrogens (tertiary/aromatic N) is 3. The van der Waals surface area contributed by atoms with Gasteiger partial charge >= 0.3 is 6.03 Å². The third kappa shape index (κ3) is 3.40. The van der Waals surface area contributed by atoms with E-state index in [9.17, 15) is 9.18 Å². The van der Waals surface area contributed by atoms with Gasteiger partial charge in [-0.3, -0.25) is 0 Å². The molecule has 2 heterocycles. The third-order valence-corrected chi connectivity index (χ3v) is 5.95. The van der Waals surface area contributed by atoms with E-state index in [-0.39, 0.29) is 12.1 Å². The average Bonchev–Trinajstić information content (AvgIpc) is 3.02. The molecule has 2 aromatic rings. The zero-order valence-corrected chi connectivity index (χ0v) is 16.0. The fourth-order valence-corrected chi connectivity index (χ4v) is 4.31. The second-order valence-corrected chi connectivity index (χ2v) is 7.88. The van der Waals surface area contributed by atoms with Crippen molar-refractivity contribution in [2.45, 2.75) is 63.6 Å². The first-order valence-electron chi connectivity index (χ1n) is 9.45. The van der Waals surface area contributed by atoms with Crippen LogP contribution in [0.3, 0.4) is 0 Å². The molecule has 27 heavy (non-hydrogen) atoms. The van der Waals surface area contributed by atoms with E-state index < -0.39 is 11.4 Å². The lowest BCUT2D eigenvalue weighted by atomic mass is 9.76. The van der Waals surface area contributed by atoms with Crippen LogP contribution >= 0.6 is 11.6 Å². The first-order valence-corrected chi connectivity index (χ1v) is 9.82. The summed E-state index contributed by atoms with van der Waals surface area (Å²) < 4.78 is 15.4. The van der Waals surface area contributed by atoms with Gasteiger partial charge < -0.3 is 15.2 Å². The number of aromatic nitrogens is 3. The van der Waals surface area contributed by atoms with Crippen molar-refractivity contribution in [2.75, 3.05) is 0 Å². The molecule has 1 aliphatic heterocycles. The molecular formula is C19H23ClFN5O. The minimum atomic E-state index is -0.459. The van der Waals surface area contributed by atoms with Gasteiger partial charge in [0.15, 0.2) is 5.82 Å². The highest BCUT2D eigenvalue weighted by molar-refractivity contribution is 6.31. The van der Waals surface area contributed by atoms with Crippen LogP contribution in [0.15, 0.2) is 18.2 Å². The van der Waals surface area contributed by atoms with E-state index >= 15 is 0 Å². The van der Waals surface area contributed by atoms with Gasteiger partial charge in [-0.1, -0.05) is 17.7 Å². The number of urea groups is 1. The highest BCUT2D eigenvalue weighted by Gasteiger charge is 2.45. The van der Waals surface area contributed by atoms with Crippen LogP contribution in [-0.2, 0) is 18.5 Å². The van der Waals surface area contributed by atoms with Gasteiger partial charge in [0, 0.05) is 18.0 Å². The maximum Gasteiger partial charge on any atom is 0.316 e. The maximum absolute atomic E-state index is 13.2. The summed E-state index contributed by atoms with van der Waals surface area (Å²) in [7, 11) is 0. The van der Waals surface area contributed by atoms with E-state index in [0.29, 0.717) is 10.6 Å². The van der Waals surface area contributed by atoms with Gasteiger partial charge in [0.1, 0.15) is 17.2 Å². The first kappa shape index (κ1) is 18.2. The molecule has 0 spiro atoms. The molecule has 0 saturated heterocycles. The normalized spacial score (nSPS) is 18.9. The number of carbonyl (C=O) groups is 1. The molecule has 1 aliphatic carbocycles. The van der Waals surface area contributed by atoms with Crippen LogP contribution in [0.25, 0.3) is 0 Å². The Morgan fingerprint density at radius 3 is 2.81 bits per heavy atom. The molecule has 1 saturated carbocycles. The van der Waals surface area contributed by atoms with Crippen LogP contribution in [0, 0.1) is 5.82 Å². The summed E-state index contributed by atoms with van der Waals surface area (Å²) in [4.78, 5) is 12.7. The predicted molar refractivity (Wildman–Crippen MR) is 100.0 cm³/mol. The minimum Gasteiger partial charge on any atom is -0.332 e. The highest BCUT2D eigenvalue weighted by Crippen LogP contribution is 2.41. The highest BCUT2D eigenvalue weighted by atomic mass is 35.5. The van der Waals surface area contributed by atoms with E-state index in [1.165, 1.54) is 12.1 Å². The van der Waals surface area contributed by atoms with E-state index in [2.05, 4.69) is 25.4 Å². The lowest BCUT2D eigenvalue weighted by Crippen LogP contribution is -2.55. The summed E-state index contributed by atoms with van der Waals surface area (Å²) >= 11 is 6.11. The number of benzene rings is 1. The molecule has 144 valence electrons. The Hall–Kier alpha value is -2.15. The van der Waals surface area contributed by atoms with Crippen molar-refractivity contribution in [2.24, 2.45) is 0 Å². The molecule has 1 aromatic carbocycles. The number of fused-ring (bicyclic) bond motifs is 1. The number of hydrogen-bond donors (Lipinski definition) is 2. The molecule has 6 nitrogen and oxygen atoms in total. The number of nitrogens with one attached hydrogen (secondary N) is 2. The van der Waals surface area contributed by atoms with Gasteiger partial charge in [-0.2, -0.15) is 0 Å². The van der Waals surface area contributed by atoms with Crippen molar-refractivity contribution in [1.29, 1.82) is 0 Å². The molecular weight excluding hydrogens is 369 g/mol. The second-order valence-electron chi connectivity index (χ2n) is 7.47. The van der Waals surface area contributed by atoms with Crippen molar-refractivity contribution >= 4 is 17.6 Å². The van der Waals surface area contributed by atoms with Gasteiger partial charge in [-0.05, 0) is 56.7 Å². The molecule has 1 aromatic heterocycles. The predicted octanol–water partition coefficient (Wildman–Crippen LogP) is 3.85. The van der Waals surface area contributed by atoms with Gasteiger partial charge in [0.25, 0.3) is 0 Å². The Morgan fingerprint density at radius 1 is 1.30 bits per heavy atom. The zero-order chi connectivity index (χ0) is 19.0. The molecule has 1 fully saturated rings. The van der Waals surface area contributed by atoms with Crippen LogP contribution in [-0.4, -0.2) is 20.8 Å². The fourth-order valence-electron chi connectivity index (χ4n) is 3.98. The Bertz CT molecular complexity index is 864. The quantitative estimate of drug-likeness (QED) is 0.831. The van der Waals surface area contributed by atoms with Crippen LogP contribution in [0.4, 0.5) is 9.18 Å². The SMILES string of the molecule is C[C@@H](NC(=O)NC1(c2nnc3n2CCCC3)CCC1)c1ccc(F)cc1Cl. The Labute approximate surface area is 162 Å². The van der Waals surface area contributed by atoms with Crippen molar-refractivity contribution in [3.63, 3.8) is 0 Å². The maximum atomic E-state index is 13.2. The summed E-state index contributed by atoms with van der Waals surface area (Å²) in [5, 5.41) is 15.1. The topological polar surface area (TPSA) is 71.8 Å². The van der Waals surface area contributed by atoms with Crippen LogP contribution in [0.2, 0.25) is 5.02 Å². The summed E-state index contributed by atoms with van der Waals surface area (Å²) in [6.07, 6.45) is 5.93. The molecule has 0 unspecified atom stereocenters.